The predicted octanol–water partition coefficient (Wildman–Crippen LogP) is 3.77. The molecule has 2 fully saturated rings. The molecule has 0 saturated heterocycles. The zero-order chi connectivity index (χ0) is 25.8. The summed E-state index contributed by atoms with van der Waals surface area (Å²) in [6.07, 6.45) is 5.29. The minimum absolute atomic E-state index is 0.0115. The number of nitrogens with zero attached hydrogens (tertiary/aromatic N) is 4. The van der Waals surface area contributed by atoms with Gasteiger partial charge in [0.15, 0.2) is 0 Å². The van der Waals surface area contributed by atoms with Crippen molar-refractivity contribution in [3.8, 4) is 6.07 Å². The van der Waals surface area contributed by atoms with Crippen LogP contribution < -0.4 is 16.0 Å². The van der Waals surface area contributed by atoms with Crippen molar-refractivity contribution in [3.05, 3.63) is 41.7 Å². The molecule has 10 heteroatoms. The molecular weight excluding hydrogens is 461 g/mol. The largest absolute Gasteiger partial charge is 0.382 e. The highest BCUT2D eigenvalue weighted by Crippen LogP contribution is 2.34. The van der Waals surface area contributed by atoms with Gasteiger partial charge in [-0.15, -0.1) is 0 Å². The topological polar surface area (TPSA) is 123 Å². The quantitative estimate of drug-likeness (QED) is 0.511. The molecule has 2 saturated carbocycles. The second-order valence-electron chi connectivity index (χ2n) is 9.87. The fourth-order valence-corrected chi connectivity index (χ4v) is 4.55. The Kier molecular flexibility index (Phi) is 7.67. The monoisotopic (exact) mass is 493 g/mol. The third-order valence-electron chi connectivity index (χ3n) is 6.68. The van der Waals surface area contributed by atoms with E-state index in [2.05, 4.69) is 25.9 Å². The average molecular weight is 494 g/mol. The summed E-state index contributed by atoms with van der Waals surface area (Å²) in [6.45, 7) is 3.97. The van der Waals surface area contributed by atoms with Crippen molar-refractivity contribution in [2.24, 2.45) is 5.92 Å². The molecule has 2 unspecified atom stereocenters. The van der Waals surface area contributed by atoms with Crippen LogP contribution in [-0.2, 0) is 4.79 Å². The number of pyridine rings is 2. The number of halogens is 1. The lowest BCUT2D eigenvalue weighted by molar-refractivity contribution is -0.136. The highest BCUT2D eigenvalue weighted by atomic mass is 19.1. The fraction of sp³-hybridized carbons (Fsp3) is 0.500. The van der Waals surface area contributed by atoms with Gasteiger partial charge in [0.2, 0.25) is 5.91 Å². The molecule has 2 aromatic heterocycles. The van der Waals surface area contributed by atoms with E-state index >= 15 is 0 Å². The van der Waals surface area contributed by atoms with Gasteiger partial charge in [-0.2, -0.15) is 5.26 Å². The molecule has 36 heavy (non-hydrogen) atoms. The molecule has 0 spiro atoms. The summed E-state index contributed by atoms with van der Waals surface area (Å²) in [5.41, 5.74) is 1.54. The molecule has 0 radical (unpaired) electrons. The van der Waals surface area contributed by atoms with E-state index in [1.54, 1.807) is 30.1 Å². The molecule has 2 atom stereocenters. The van der Waals surface area contributed by atoms with E-state index < -0.39 is 6.17 Å². The summed E-state index contributed by atoms with van der Waals surface area (Å²) < 4.78 is 13.3. The van der Waals surface area contributed by atoms with Crippen LogP contribution in [0.3, 0.4) is 0 Å². The normalized spacial score (nSPS) is 22.9. The Bertz CT molecular complexity index is 1140. The van der Waals surface area contributed by atoms with Crippen molar-refractivity contribution in [2.45, 2.75) is 70.2 Å². The Morgan fingerprint density at radius 1 is 1.14 bits per heavy atom. The molecule has 3 N–H and O–H groups in total. The molecule has 0 aromatic carbocycles. The van der Waals surface area contributed by atoms with Crippen molar-refractivity contribution < 1.29 is 14.0 Å². The molecule has 0 aliphatic heterocycles. The van der Waals surface area contributed by atoms with Crippen molar-refractivity contribution in [2.75, 3.05) is 17.7 Å². The molecule has 2 heterocycles. The molecule has 4 rings (SSSR count). The number of rotatable bonds is 8. The van der Waals surface area contributed by atoms with E-state index in [1.807, 2.05) is 19.9 Å². The van der Waals surface area contributed by atoms with Gasteiger partial charge >= 0.3 is 0 Å². The number of carbonyl (C=O) groups is 2. The zero-order valence-corrected chi connectivity index (χ0v) is 20.8. The number of carbonyl (C=O) groups excluding carboxylic acids is 2. The summed E-state index contributed by atoms with van der Waals surface area (Å²) in [5, 5.41) is 18.4. The highest BCUT2D eigenvalue weighted by molar-refractivity contribution is 6.00. The molecule has 190 valence electrons. The first-order valence-corrected chi connectivity index (χ1v) is 12.4. The molecule has 2 aliphatic carbocycles. The van der Waals surface area contributed by atoms with Crippen LogP contribution in [0.2, 0.25) is 0 Å². The number of amides is 2. The van der Waals surface area contributed by atoms with Gasteiger partial charge in [0.05, 0.1) is 22.9 Å². The average Bonchev–Trinajstić information content (AvgIpc) is 3.60. The lowest BCUT2D eigenvalue weighted by atomic mass is 9.85. The van der Waals surface area contributed by atoms with Crippen LogP contribution >= 0.6 is 0 Å². The number of alkyl halides is 1. The lowest BCUT2D eigenvalue weighted by Gasteiger charge is -2.31. The molecule has 2 amide bonds. The number of anilines is 3. The van der Waals surface area contributed by atoms with Gasteiger partial charge in [-0.1, -0.05) is 0 Å². The van der Waals surface area contributed by atoms with Crippen molar-refractivity contribution in [1.82, 2.24) is 20.2 Å². The number of hydrogen-bond acceptors (Lipinski definition) is 7. The first-order chi connectivity index (χ1) is 17.2. The van der Waals surface area contributed by atoms with Crippen molar-refractivity contribution in [3.63, 3.8) is 0 Å². The first-order valence-electron chi connectivity index (χ1n) is 12.4. The summed E-state index contributed by atoms with van der Waals surface area (Å²) in [6, 6.07) is 6.94. The fourth-order valence-electron chi connectivity index (χ4n) is 4.55. The molecule has 9 nitrogen and oxygen atoms in total. The van der Waals surface area contributed by atoms with Gasteiger partial charge in [0.1, 0.15) is 23.9 Å². The predicted molar refractivity (Wildman–Crippen MR) is 135 cm³/mol. The van der Waals surface area contributed by atoms with Crippen LogP contribution in [0.15, 0.2) is 30.6 Å². The van der Waals surface area contributed by atoms with Crippen LogP contribution in [0.1, 0.15) is 61.9 Å². The van der Waals surface area contributed by atoms with E-state index in [0.717, 1.165) is 0 Å². The Morgan fingerprint density at radius 2 is 1.83 bits per heavy atom. The van der Waals surface area contributed by atoms with Crippen LogP contribution in [0.5, 0.6) is 0 Å². The summed E-state index contributed by atoms with van der Waals surface area (Å²) in [5.74, 6) is 0.726. The van der Waals surface area contributed by atoms with E-state index in [1.165, 1.54) is 12.4 Å². The van der Waals surface area contributed by atoms with E-state index in [4.69, 9.17) is 5.26 Å². The van der Waals surface area contributed by atoms with Crippen LogP contribution in [0.25, 0.3) is 0 Å². The van der Waals surface area contributed by atoms with E-state index in [9.17, 15) is 14.0 Å². The van der Waals surface area contributed by atoms with E-state index in [0.29, 0.717) is 60.6 Å². The minimum Gasteiger partial charge on any atom is -0.382 e. The molecule has 2 aromatic rings. The Labute approximate surface area is 210 Å². The number of nitriles is 1. The molecule has 2 aliphatic rings. The summed E-state index contributed by atoms with van der Waals surface area (Å²) in [7, 11) is 1.69. The second-order valence-corrected chi connectivity index (χ2v) is 9.87. The van der Waals surface area contributed by atoms with Gasteiger partial charge < -0.3 is 20.9 Å². The number of nitrogens with one attached hydrogen (secondary N) is 3. The maximum atomic E-state index is 13.3. The molecular formula is C26H32FN7O2. The van der Waals surface area contributed by atoms with Gasteiger partial charge in [-0.3, -0.25) is 9.59 Å². The Balaban J connectivity index is 1.37. The zero-order valence-electron chi connectivity index (χ0n) is 20.8. The van der Waals surface area contributed by atoms with Crippen molar-refractivity contribution in [1.29, 1.82) is 5.26 Å². The lowest BCUT2D eigenvalue weighted by Crippen LogP contribution is -2.42. The van der Waals surface area contributed by atoms with Crippen molar-refractivity contribution >= 4 is 29.1 Å². The van der Waals surface area contributed by atoms with Gasteiger partial charge in [0.25, 0.3) is 5.91 Å². The number of hydrogen-bond donors (Lipinski definition) is 3. The Morgan fingerprint density at radius 3 is 2.42 bits per heavy atom. The molecule has 0 bridgehead atoms. The van der Waals surface area contributed by atoms with Crippen LogP contribution in [-0.4, -0.2) is 58.0 Å². The Hall–Kier alpha value is -3.74. The smallest absolute Gasteiger partial charge is 0.255 e. The minimum atomic E-state index is -0.890. The van der Waals surface area contributed by atoms with E-state index in [-0.39, 0.29) is 35.9 Å². The summed E-state index contributed by atoms with van der Waals surface area (Å²) >= 11 is 0. The maximum Gasteiger partial charge on any atom is 0.255 e. The third-order valence-corrected chi connectivity index (χ3v) is 6.68. The van der Waals surface area contributed by atoms with Gasteiger partial charge in [-0.05, 0) is 51.7 Å². The summed E-state index contributed by atoms with van der Waals surface area (Å²) in [4.78, 5) is 35.9. The maximum absolute atomic E-state index is 13.3. The van der Waals surface area contributed by atoms with Gasteiger partial charge in [-0.25, -0.2) is 14.4 Å². The van der Waals surface area contributed by atoms with Crippen LogP contribution in [0, 0.1) is 17.2 Å². The second kappa shape index (κ2) is 10.9. The highest BCUT2D eigenvalue weighted by Gasteiger charge is 2.44. The first kappa shape index (κ1) is 25.4. The SMILES string of the molecule is CC(C)Nc1cc(Nc2ccc(C#N)cn2)ncc1C(=O)NC1CCC(C(=O)N(C)C2CC2F)CC1. The number of aromatic nitrogens is 2. The van der Waals surface area contributed by atoms with Crippen LogP contribution in [0.4, 0.5) is 21.7 Å². The standard InChI is InChI=1S/C26H32FN7O2/c1-15(2)31-21-11-24(33-23-9-4-16(12-28)13-29-23)30-14-19(21)25(35)32-18-7-5-17(6-8-18)26(36)34(3)22-10-20(22)27/h4,9,11,13-15,17-18,20,22H,5-8,10H2,1-3H3,(H,32,35)(H2,29,30,31,33). The third kappa shape index (κ3) is 6.08. The van der Waals surface area contributed by atoms with Gasteiger partial charge in [0, 0.05) is 49.9 Å².